The lowest BCUT2D eigenvalue weighted by molar-refractivity contribution is -0.142. The van der Waals surface area contributed by atoms with Gasteiger partial charge in [0, 0.05) is 19.1 Å². The molecule has 0 saturated heterocycles. The molecule has 0 bridgehead atoms. The second-order valence-corrected chi connectivity index (χ2v) is 8.63. The van der Waals surface area contributed by atoms with Crippen molar-refractivity contribution in [3.8, 4) is 0 Å². The minimum absolute atomic E-state index is 0.0406. The van der Waals surface area contributed by atoms with Gasteiger partial charge in [0.1, 0.15) is 6.04 Å². The van der Waals surface area contributed by atoms with Crippen LogP contribution < -0.4 is 5.32 Å². The number of hydrogen-bond donors (Lipinski definition) is 1. The number of amides is 2. The third kappa shape index (κ3) is 5.10. The number of rotatable bonds is 8. The van der Waals surface area contributed by atoms with Crippen molar-refractivity contribution in [2.45, 2.75) is 71.0 Å². The fourth-order valence-electron chi connectivity index (χ4n) is 4.32. The van der Waals surface area contributed by atoms with Crippen LogP contribution in [0.3, 0.4) is 0 Å². The summed E-state index contributed by atoms with van der Waals surface area (Å²) in [5.74, 6) is 0.214. The zero-order valence-electron chi connectivity index (χ0n) is 17.4. The van der Waals surface area contributed by atoms with E-state index in [-0.39, 0.29) is 24.4 Å². The highest BCUT2D eigenvalue weighted by Crippen LogP contribution is 2.26. The lowest BCUT2D eigenvalue weighted by Crippen LogP contribution is -2.48. The Morgan fingerprint density at radius 3 is 2.79 bits per heavy atom. The van der Waals surface area contributed by atoms with Crippen molar-refractivity contribution < 1.29 is 9.59 Å². The molecule has 1 aliphatic heterocycles. The highest BCUT2D eigenvalue weighted by molar-refractivity contribution is 5.87. The summed E-state index contributed by atoms with van der Waals surface area (Å²) in [6, 6.07) is 0.274. The summed E-state index contributed by atoms with van der Waals surface area (Å²) >= 11 is 0. The molecule has 1 N–H and O–H groups in total. The molecule has 3 rings (SSSR count). The standard InChI is InChI=1S/C20H34N6O2/c1-15(2)11-18-20(28)25(13-17-12-22-23-26(17)18)14-19(27)21-9-10-24(3)16-7-5-4-6-8-16/h12,15-16,18H,4-11,13-14H2,1-3H3,(H,21,27)/t18-/m0/s1. The van der Waals surface area contributed by atoms with Gasteiger partial charge in [-0.15, -0.1) is 5.10 Å². The van der Waals surface area contributed by atoms with Gasteiger partial charge >= 0.3 is 0 Å². The van der Waals surface area contributed by atoms with E-state index in [9.17, 15) is 9.59 Å². The van der Waals surface area contributed by atoms with Gasteiger partial charge in [-0.05, 0) is 32.2 Å². The first-order chi connectivity index (χ1) is 13.5. The minimum atomic E-state index is -0.364. The van der Waals surface area contributed by atoms with E-state index in [0.717, 1.165) is 12.2 Å². The van der Waals surface area contributed by atoms with Crippen molar-refractivity contribution in [1.82, 2.24) is 30.1 Å². The molecule has 1 fully saturated rings. The van der Waals surface area contributed by atoms with Crippen molar-refractivity contribution in [1.29, 1.82) is 0 Å². The molecule has 1 aliphatic carbocycles. The smallest absolute Gasteiger partial charge is 0.248 e. The number of nitrogens with one attached hydrogen (secondary N) is 1. The fraction of sp³-hybridized carbons (Fsp3) is 0.800. The Morgan fingerprint density at radius 2 is 2.07 bits per heavy atom. The number of hydrogen-bond acceptors (Lipinski definition) is 5. The van der Waals surface area contributed by atoms with E-state index < -0.39 is 0 Å². The maximum Gasteiger partial charge on any atom is 0.248 e. The van der Waals surface area contributed by atoms with Crippen LogP contribution in [0.15, 0.2) is 6.20 Å². The second-order valence-electron chi connectivity index (χ2n) is 8.63. The van der Waals surface area contributed by atoms with Crippen LogP contribution in [0.4, 0.5) is 0 Å². The SMILES string of the molecule is CC(C)C[C@H]1C(=O)N(CC(=O)NCCN(C)C2CCCCC2)Cc2cnnn21. The lowest BCUT2D eigenvalue weighted by atomic mass is 9.94. The second kappa shape index (κ2) is 9.49. The molecule has 2 amide bonds. The van der Waals surface area contributed by atoms with Gasteiger partial charge in [-0.1, -0.05) is 38.3 Å². The summed E-state index contributed by atoms with van der Waals surface area (Å²) in [4.78, 5) is 29.3. The third-order valence-electron chi connectivity index (χ3n) is 5.91. The molecule has 156 valence electrons. The summed E-state index contributed by atoms with van der Waals surface area (Å²) < 4.78 is 1.72. The number of likely N-dealkylation sites (N-methyl/N-ethyl adjacent to an activating group) is 1. The summed E-state index contributed by atoms with van der Waals surface area (Å²) in [6.45, 7) is 6.10. The molecular formula is C20H34N6O2. The summed E-state index contributed by atoms with van der Waals surface area (Å²) in [7, 11) is 2.14. The van der Waals surface area contributed by atoms with Crippen LogP contribution in [-0.4, -0.2) is 69.3 Å². The molecule has 1 aromatic rings. The van der Waals surface area contributed by atoms with Crippen LogP contribution >= 0.6 is 0 Å². The largest absolute Gasteiger partial charge is 0.353 e. The summed E-state index contributed by atoms with van der Waals surface area (Å²) in [6.07, 6.45) is 8.85. The maximum atomic E-state index is 12.9. The predicted octanol–water partition coefficient (Wildman–Crippen LogP) is 1.59. The van der Waals surface area contributed by atoms with E-state index in [2.05, 4.69) is 41.4 Å². The van der Waals surface area contributed by atoms with E-state index in [1.54, 1.807) is 15.8 Å². The molecule has 2 aliphatic rings. The van der Waals surface area contributed by atoms with Crippen LogP contribution in [-0.2, 0) is 16.1 Å². The normalized spacial score (nSPS) is 20.7. The van der Waals surface area contributed by atoms with Crippen molar-refractivity contribution in [3.05, 3.63) is 11.9 Å². The minimum Gasteiger partial charge on any atom is -0.353 e. The molecule has 0 spiro atoms. The molecule has 8 heteroatoms. The molecule has 8 nitrogen and oxygen atoms in total. The van der Waals surface area contributed by atoms with Crippen LogP contribution in [0.25, 0.3) is 0 Å². The highest BCUT2D eigenvalue weighted by Gasteiger charge is 2.35. The first-order valence-electron chi connectivity index (χ1n) is 10.6. The van der Waals surface area contributed by atoms with Crippen LogP contribution in [0.1, 0.15) is 64.1 Å². The van der Waals surface area contributed by atoms with E-state index in [4.69, 9.17) is 0 Å². The number of aromatic nitrogens is 3. The molecule has 1 atom stereocenters. The molecule has 1 saturated carbocycles. The lowest BCUT2D eigenvalue weighted by Gasteiger charge is -2.33. The average molecular weight is 391 g/mol. The zero-order valence-corrected chi connectivity index (χ0v) is 17.4. The van der Waals surface area contributed by atoms with E-state index >= 15 is 0 Å². The van der Waals surface area contributed by atoms with Crippen molar-refractivity contribution in [2.75, 3.05) is 26.7 Å². The first kappa shape index (κ1) is 20.8. The number of carbonyl (C=O) groups excluding carboxylic acids is 2. The van der Waals surface area contributed by atoms with E-state index in [1.807, 2.05) is 0 Å². The van der Waals surface area contributed by atoms with Gasteiger partial charge < -0.3 is 15.1 Å². The zero-order chi connectivity index (χ0) is 20.1. The third-order valence-corrected chi connectivity index (χ3v) is 5.91. The van der Waals surface area contributed by atoms with Crippen LogP contribution in [0.5, 0.6) is 0 Å². The molecule has 0 radical (unpaired) electrons. The summed E-state index contributed by atoms with van der Waals surface area (Å²) in [5, 5.41) is 11.0. The molecule has 1 aromatic heterocycles. The number of fused-ring (bicyclic) bond motifs is 1. The van der Waals surface area contributed by atoms with Gasteiger partial charge in [0.2, 0.25) is 11.8 Å². The Balaban J connectivity index is 1.49. The average Bonchev–Trinajstić information content (AvgIpc) is 3.13. The van der Waals surface area contributed by atoms with Crippen molar-refractivity contribution in [2.24, 2.45) is 5.92 Å². The Labute approximate surface area is 167 Å². The molecule has 2 heterocycles. The fourth-order valence-corrected chi connectivity index (χ4v) is 4.32. The molecule has 0 unspecified atom stereocenters. The number of carbonyl (C=O) groups is 2. The van der Waals surface area contributed by atoms with Gasteiger partial charge in [-0.3, -0.25) is 9.59 Å². The van der Waals surface area contributed by atoms with Crippen molar-refractivity contribution >= 4 is 11.8 Å². The number of nitrogens with zero attached hydrogens (tertiary/aromatic N) is 5. The summed E-state index contributed by atoms with van der Waals surface area (Å²) in [5.41, 5.74) is 0.884. The van der Waals surface area contributed by atoms with E-state index in [1.165, 1.54) is 32.1 Å². The first-order valence-corrected chi connectivity index (χ1v) is 10.6. The van der Waals surface area contributed by atoms with Gasteiger partial charge in [-0.2, -0.15) is 0 Å². The quantitative estimate of drug-likeness (QED) is 0.729. The maximum absolute atomic E-state index is 12.9. The van der Waals surface area contributed by atoms with E-state index in [0.29, 0.717) is 31.5 Å². The Hall–Kier alpha value is -1.96. The molecule has 28 heavy (non-hydrogen) atoms. The van der Waals surface area contributed by atoms with Crippen LogP contribution in [0.2, 0.25) is 0 Å². The monoisotopic (exact) mass is 390 g/mol. The van der Waals surface area contributed by atoms with Gasteiger partial charge in [0.05, 0.1) is 25.0 Å². The Bertz CT molecular complexity index is 667. The van der Waals surface area contributed by atoms with Gasteiger partial charge in [-0.25, -0.2) is 4.68 Å². The molecular weight excluding hydrogens is 356 g/mol. The Kier molecular flexibility index (Phi) is 7.04. The topological polar surface area (TPSA) is 83.4 Å². The molecule has 0 aromatic carbocycles. The highest BCUT2D eigenvalue weighted by atomic mass is 16.2. The Morgan fingerprint density at radius 1 is 1.32 bits per heavy atom. The predicted molar refractivity (Wildman–Crippen MR) is 106 cm³/mol. The van der Waals surface area contributed by atoms with Gasteiger partial charge in [0.15, 0.2) is 0 Å². The van der Waals surface area contributed by atoms with Crippen LogP contribution in [0, 0.1) is 5.92 Å². The van der Waals surface area contributed by atoms with Crippen molar-refractivity contribution in [3.63, 3.8) is 0 Å². The van der Waals surface area contributed by atoms with Gasteiger partial charge in [0.25, 0.3) is 0 Å².